The third-order valence-electron chi connectivity index (χ3n) is 3.07. The molecule has 0 radical (unpaired) electrons. The molecule has 0 fully saturated rings. The highest BCUT2D eigenvalue weighted by Crippen LogP contribution is 1.94. The fraction of sp³-hybridized carbons (Fsp3) is 0.583. The maximum Gasteiger partial charge on any atom is 0.317 e. The van der Waals surface area contributed by atoms with Gasteiger partial charge in [0.1, 0.15) is 0 Å². The van der Waals surface area contributed by atoms with Crippen molar-refractivity contribution in [1.29, 1.82) is 0 Å². The van der Waals surface area contributed by atoms with E-state index in [4.69, 9.17) is 0 Å². The third-order valence-corrected chi connectivity index (χ3v) is 3.07. The van der Waals surface area contributed by atoms with Gasteiger partial charge in [0.25, 0.3) is 0 Å². The van der Waals surface area contributed by atoms with E-state index >= 15 is 0 Å². The summed E-state index contributed by atoms with van der Waals surface area (Å²) < 4.78 is 1.81. The van der Waals surface area contributed by atoms with Gasteiger partial charge >= 0.3 is 6.03 Å². The van der Waals surface area contributed by atoms with Gasteiger partial charge in [-0.05, 0) is 19.4 Å². The van der Waals surface area contributed by atoms with Crippen LogP contribution in [0, 0.1) is 0 Å². The van der Waals surface area contributed by atoms with Crippen molar-refractivity contribution in [1.82, 2.24) is 40.6 Å². The van der Waals surface area contributed by atoms with Gasteiger partial charge in [-0.25, -0.2) is 4.79 Å². The second-order valence-corrected chi connectivity index (χ2v) is 4.51. The molecule has 0 spiro atoms. The van der Waals surface area contributed by atoms with Crippen LogP contribution in [0.5, 0.6) is 0 Å². The maximum absolute atomic E-state index is 12.0. The number of hydrogen-bond acceptors (Lipinski definition) is 5. The van der Waals surface area contributed by atoms with E-state index in [2.05, 4.69) is 31.0 Å². The van der Waals surface area contributed by atoms with E-state index in [0.29, 0.717) is 38.4 Å². The molecule has 0 aliphatic carbocycles. The molecule has 21 heavy (non-hydrogen) atoms. The fourth-order valence-corrected chi connectivity index (χ4v) is 1.90. The largest absolute Gasteiger partial charge is 0.338 e. The molecule has 0 aliphatic rings. The Bertz CT molecular complexity index is 509. The molecule has 0 saturated carbocycles. The lowest BCUT2D eigenvalue weighted by atomic mass is 10.3. The van der Waals surface area contributed by atoms with Crippen LogP contribution in [-0.2, 0) is 13.0 Å². The molecule has 2 heterocycles. The number of nitrogens with zero attached hydrogens (tertiary/aromatic N) is 6. The number of H-pyrrole nitrogens is 1. The Labute approximate surface area is 122 Å². The van der Waals surface area contributed by atoms with Crippen LogP contribution in [0.4, 0.5) is 4.79 Å². The van der Waals surface area contributed by atoms with Crippen molar-refractivity contribution in [3.05, 3.63) is 24.3 Å². The Balaban J connectivity index is 1.65. The Morgan fingerprint density at radius 3 is 3.10 bits per heavy atom. The van der Waals surface area contributed by atoms with Crippen molar-refractivity contribution in [2.75, 3.05) is 19.6 Å². The Morgan fingerprint density at radius 1 is 1.52 bits per heavy atom. The van der Waals surface area contributed by atoms with Crippen LogP contribution in [0.25, 0.3) is 0 Å². The molecule has 2 rings (SSSR count). The summed E-state index contributed by atoms with van der Waals surface area (Å²) in [5.41, 5.74) is 0. The number of nitrogens with one attached hydrogen (secondary N) is 2. The van der Waals surface area contributed by atoms with Gasteiger partial charge in [0, 0.05) is 38.4 Å². The second kappa shape index (κ2) is 7.98. The molecular formula is C12H20N8O. The molecule has 0 unspecified atom stereocenters. The van der Waals surface area contributed by atoms with Crippen molar-refractivity contribution in [2.24, 2.45) is 0 Å². The molecule has 2 aromatic heterocycles. The van der Waals surface area contributed by atoms with Crippen LogP contribution < -0.4 is 5.32 Å². The first-order valence-electron chi connectivity index (χ1n) is 7.02. The molecule has 2 amide bonds. The monoisotopic (exact) mass is 292 g/mol. The topological polar surface area (TPSA) is 105 Å². The third kappa shape index (κ3) is 4.86. The van der Waals surface area contributed by atoms with E-state index in [0.717, 1.165) is 6.42 Å². The number of aromatic nitrogens is 6. The van der Waals surface area contributed by atoms with Crippen LogP contribution in [0.2, 0.25) is 0 Å². The van der Waals surface area contributed by atoms with E-state index in [9.17, 15) is 4.79 Å². The number of rotatable bonds is 8. The molecule has 114 valence electrons. The van der Waals surface area contributed by atoms with Gasteiger partial charge in [0.15, 0.2) is 5.82 Å². The number of hydrogen-bond donors (Lipinski definition) is 2. The van der Waals surface area contributed by atoms with E-state index in [-0.39, 0.29) is 6.03 Å². The number of carbonyl (C=O) groups excluding carboxylic acids is 1. The molecule has 9 nitrogen and oxygen atoms in total. The summed E-state index contributed by atoms with van der Waals surface area (Å²) in [6, 6.07) is 1.81. The summed E-state index contributed by atoms with van der Waals surface area (Å²) in [5.74, 6) is 0.662. The van der Waals surface area contributed by atoms with Crippen molar-refractivity contribution in [2.45, 2.75) is 26.3 Å². The number of likely N-dealkylation sites (N-methyl/N-ethyl adjacent to an activating group) is 1. The minimum absolute atomic E-state index is 0.0576. The van der Waals surface area contributed by atoms with Gasteiger partial charge in [0.05, 0.1) is 6.54 Å². The van der Waals surface area contributed by atoms with Crippen molar-refractivity contribution >= 4 is 6.03 Å². The highest BCUT2D eigenvalue weighted by atomic mass is 16.2. The van der Waals surface area contributed by atoms with E-state index in [1.165, 1.54) is 0 Å². The molecule has 0 saturated heterocycles. The smallest absolute Gasteiger partial charge is 0.317 e. The minimum Gasteiger partial charge on any atom is -0.338 e. The molecule has 2 N–H and O–H groups in total. The van der Waals surface area contributed by atoms with Crippen molar-refractivity contribution in [3.8, 4) is 0 Å². The van der Waals surface area contributed by atoms with Gasteiger partial charge in [0.2, 0.25) is 0 Å². The standard InChI is InChI=1S/C12H20N8O/c1-2-19(9-10-20-8-4-7-14-20)12(21)13-6-3-5-11-15-17-18-16-11/h4,7-8H,2-3,5-6,9-10H2,1H3,(H,13,21)(H,15,16,17,18). The Kier molecular flexibility index (Phi) is 5.68. The van der Waals surface area contributed by atoms with Crippen LogP contribution in [0.15, 0.2) is 18.5 Å². The van der Waals surface area contributed by atoms with Gasteiger partial charge < -0.3 is 10.2 Å². The number of aromatic amines is 1. The molecule has 0 aliphatic heterocycles. The summed E-state index contributed by atoms with van der Waals surface area (Å²) in [6.07, 6.45) is 5.09. The molecule has 0 atom stereocenters. The molecule has 0 aromatic carbocycles. The lowest BCUT2D eigenvalue weighted by Gasteiger charge is -2.21. The van der Waals surface area contributed by atoms with Crippen LogP contribution >= 0.6 is 0 Å². The minimum atomic E-state index is -0.0576. The summed E-state index contributed by atoms with van der Waals surface area (Å²) in [4.78, 5) is 13.8. The molecule has 9 heteroatoms. The van der Waals surface area contributed by atoms with E-state index in [1.54, 1.807) is 11.1 Å². The van der Waals surface area contributed by atoms with Crippen molar-refractivity contribution < 1.29 is 4.79 Å². The number of aryl methyl sites for hydroxylation is 1. The number of amides is 2. The lowest BCUT2D eigenvalue weighted by Crippen LogP contribution is -2.41. The highest BCUT2D eigenvalue weighted by Gasteiger charge is 2.10. The summed E-state index contributed by atoms with van der Waals surface area (Å²) in [6.45, 7) is 4.54. The summed E-state index contributed by atoms with van der Waals surface area (Å²) in [5, 5.41) is 20.6. The average Bonchev–Trinajstić information content (AvgIpc) is 3.17. The quantitative estimate of drug-likeness (QED) is 0.669. The zero-order valence-electron chi connectivity index (χ0n) is 12.1. The predicted molar refractivity (Wildman–Crippen MR) is 75.4 cm³/mol. The first-order chi connectivity index (χ1) is 10.3. The number of carbonyl (C=O) groups is 1. The average molecular weight is 292 g/mol. The van der Waals surface area contributed by atoms with Crippen LogP contribution in [-0.4, -0.2) is 61.0 Å². The van der Waals surface area contributed by atoms with Crippen LogP contribution in [0.1, 0.15) is 19.2 Å². The lowest BCUT2D eigenvalue weighted by molar-refractivity contribution is 0.197. The van der Waals surface area contributed by atoms with E-state index < -0.39 is 0 Å². The zero-order valence-corrected chi connectivity index (χ0v) is 12.1. The number of urea groups is 1. The van der Waals surface area contributed by atoms with E-state index in [1.807, 2.05) is 23.9 Å². The molecular weight excluding hydrogens is 272 g/mol. The summed E-state index contributed by atoms with van der Waals surface area (Å²) >= 11 is 0. The molecule has 2 aromatic rings. The van der Waals surface area contributed by atoms with Crippen molar-refractivity contribution in [3.63, 3.8) is 0 Å². The number of tetrazole rings is 1. The first-order valence-corrected chi connectivity index (χ1v) is 7.02. The highest BCUT2D eigenvalue weighted by molar-refractivity contribution is 5.74. The van der Waals surface area contributed by atoms with Gasteiger partial charge in [-0.15, -0.1) is 10.2 Å². The van der Waals surface area contributed by atoms with Gasteiger partial charge in [-0.2, -0.15) is 10.3 Å². The normalized spacial score (nSPS) is 10.5. The summed E-state index contributed by atoms with van der Waals surface area (Å²) in [7, 11) is 0. The fourth-order valence-electron chi connectivity index (χ4n) is 1.90. The van der Waals surface area contributed by atoms with Gasteiger partial charge in [-0.3, -0.25) is 4.68 Å². The molecule has 0 bridgehead atoms. The predicted octanol–water partition coefficient (Wildman–Crippen LogP) is 0.0605. The van der Waals surface area contributed by atoms with Crippen LogP contribution in [0.3, 0.4) is 0 Å². The van der Waals surface area contributed by atoms with Gasteiger partial charge in [-0.1, -0.05) is 5.21 Å². The Morgan fingerprint density at radius 2 is 2.43 bits per heavy atom. The second-order valence-electron chi connectivity index (χ2n) is 4.51. The SMILES string of the molecule is CCN(CCn1cccn1)C(=O)NCCCc1nn[nH]n1. The zero-order chi connectivity index (χ0) is 14.9. The first kappa shape index (κ1) is 14.9. The maximum atomic E-state index is 12.0. The Hall–Kier alpha value is -2.45.